The highest BCUT2D eigenvalue weighted by Gasteiger charge is 2.22. The van der Waals surface area contributed by atoms with Gasteiger partial charge in [0.1, 0.15) is 0 Å². The molecule has 0 saturated carbocycles. The van der Waals surface area contributed by atoms with Crippen LogP contribution in [-0.4, -0.2) is 44.8 Å². The summed E-state index contributed by atoms with van der Waals surface area (Å²) in [5.74, 6) is 0. The number of halogens is 1. The second kappa shape index (κ2) is 7.25. The predicted octanol–water partition coefficient (Wildman–Crippen LogP) is 2.71. The number of likely N-dealkylation sites (tertiary alicyclic amines) is 1. The molecule has 0 amide bonds. The number of hydrogen-bond acceptors (Lipinski definition) is 3. The normalized spacial score (nSPS) is 21.7. The summed E-state index contributed by atoms with van der Waals surface area (Å²) in [6, 6.07) is 8.47. The molecule has 19 heavy (non-hydrogen) atoms. The summed E-state index contributed by atoms with van der Waals surface area (Å²) in [5.41, 5.74) is 1.26. The van der Waals surface area contributed by atoms with Crippen molar-refractivity contribution in [2.45, 2.75) is 25.0 Å². The molecule has 0 aliphatic carbocycles. The van der Waals surface area contributed by atoms with Gasteiger partial charge in [0.2, 0.25) is 0 Å². The Labute approximate surface area is 120 Å². The van der Waals surface area contributed by atoms with E-state index >= 15 is 0 Å². The van der Waals surface area contributed by atoms with Gasteiger partial charge in [-0.3, -0.25) is 0 Å². The van der Waals surface area contributed by atoms with Gasteiger partial charge in [-0.2, -0.15) is 0 Å². The van der Waals surface area contributed by atoms with E-state index in [4.69, 9.17) is 16.3 Å². The molecule has 1 saturated heterocycles. The Morgan fingerprint density at radius 3 is 3.00 bits per heavy atom. The van der Waals surface area contributed by atoms with Crippen molar-refractivity contribution >= 4 is 11.6 Å². The number of methoxy groups -OCH3 is 1. The third kappa shape index (κ3) is 4.18. The second-order valence-electron chi connectivity index (χ2n) is 5.13. The fraction of sp³-hybridized carbons (Fsp3) is 0.600. The van der Waals surface area contributed by atoms with Crippen LogP contribution in [-0.2, 0) is 4.74 Å². The zero-order valence-corrected chi connectivity index (χ0v) is 12.5. The molecule has 1 aromatic rings. The first-order valence-electron chi connectivity index (χ1n) is 6.91. The van der Waals surface area contributed by atoms with Gasteiger partial charge in [0.05, 0.1) is 6.10 Å². The first kappa shape index (κ1) is 14.8. The molecular weight excluding hydrogens is 260 g/mol. The van der Waals surface area contributed by atoms with Crippen molar-refractivity contribution in [2.24, 2.45) is 0 Å². The smallest absolute Gasteiger partial charge is 0.0710 e. The van der Waals surface area contributed by atoms with Crippen LogP contribution in [0.3, 0.4) is 0 Å². The lowest BCUT2D eigenvalue weighted by Gasteiger charge is -2.21. The maximum Gasteiger partial charge on any atom is 0.0710 e. The number of nitrogens with one attached hydrogen (secondary N) is 1. The Morgan fingerprint density at radius 1 is 1.53 bits per heavy atom. The third-order valence-electron chi connectivity index (χ3n) is 3.90. The highest BCUT2D eigenvalue weighted by molar-refractivity contribution is 6.30. The number of ether oxygens (including phenoxy) is 1. The lowest BCUT2D eigenvalue weighted by atomic mass is 10.0. The van der Waals surface area contributed by atoms with Crippen LogP contribution in [0.4, 0.5) is 0 Å². The van der Waals surface area contributed by atoms with Gasteiger partial charge in [-0.15, -0.1) is 0 Å². The standard InChI is InChI=1S/C15H23ClN2O/c1-17-15(12-4-3-5-13(16)10-12)7-9-18-8-6-14(11-18)19-2/h3-5,10,14-15,17H,6-9,11H2,1-2H3. The Hall–Kier alpha value is -0.610. The van der Waals surface area contributed by atoms with Crippen LogP contribution in [0.2, 0.25) is 5.02 Å². The van der Waals surface area contributed by atoms with Gasteiger partial charge in [-0.25, -0.2) is 0 Å². The monoisotopic (exact) mass is 282 g/mol. The third-order valence-corrected chi connectivity index (χ3v) is 4.13. The molecule has 3 nitrogen and oxygen atoms in total. The lowest BCUT2D eigenvalue weighted by Crippen LogP contribution is -2.28. The van der Waals surface area contributed by atoms with Crippen molar-refractivity contribution in [2.75, 3.05) is 33.8 Å². The van der Waals surface area contributed by atoms with Crippen LogP contribution in [0.5, 0.6) is 0 Å². The summed E-state index contributed by atoms with van der Waals surface area (Å²) in [6.07, 6.45) is 2.66. The molecule has 0 bridgehead atoms. The number of rotatable bonds is 6. The van der Waals surface area contributed by atoms with Crippen molar-refractivity contribution < 1.29 is 4.74 Å². The van der Waals surface area contributed by atoms with Gasteiger partial charge in [-0.1, -0.05) is 23.7 Å². The molecule has 1 fully saturated rings. The zero-order chi connectivity index (χ0) is 13.7. The Bertz CT molecular complexity index is 399. The molecular formula is C15H23ClN2O. The van der Waals surface area contributed by atoms with E-state index in [2.05, 4.69) is 16.3 Å². The predicted molar refractivity (Wildman–Crippen MR) is 79.7 cm³/mol. The molecule has 1 aromatic carbocycles. The summed E-state index contributed by atoms with van der Waals surface area (Å²) in [5, 5.41) is 4.18. The van der Waals surface area contributed by atoms with Crippen molar-refractivity contribution in [3.05, 3.63) is 34.9 Å². The van der Waals surface area contributed by atoms with Gasteiger partial charge in [0.25, 0.3) is 0 Å². The molecule has 2 rings (SSSR count). The zero-order valence-electron chi connectivity index (χ0n) is 11.7. The summed E-state index contributed by atoms with van der Waals surface area (Å²) >= 11 is 6.06. The van der Waals surface area contributed by atoms with Gasteiger partial charge in [-0.05, 0) is 37.6 Å². The SMILES string of the molecule is CNC(CCN1CCC(OC)C1)c1cccc(Cl)c1. The number of hydrogen-bond donors (Lipinski definition) is 1. The van der Waals surface area contributed by atoms with Crippen molar-refractivity contribution in [3.63, 3.8) is 0 Å². The maximum absolute atomic E-state index is 6.06. The van der Waals surface area contributed by atoms with Crippen molar-refractivity contribution in [1.82, 2.24) is 10.2 Å². The van der Waals surface area contributed by atoms with Crippen LogP contribution < -0.4 is 5.32 Å². The van der Waals surface area contributed by atoms with E-state index in [0.717, 1.165) is 37.5 Å². The van der Waals surface area contributed by atoms with Crippen molar-refractivity contribution in [3.8, 4) is 0 Å². The van der Waals surface area contributed by atoms with Gasteiger partial charge in [0, 0.05) is 37.8 Å². The molecule has 1 N–H and O–H groups in total. The molecule has 0 spiro atoms. The molecule has 0 aromatic heterocycles. The number of benzene rings is 1. The molecule has 1 aliphatic heterocycles. The topological polar surface area (TPSA) is 24.5 Å². The van der Waals surface area contributed by atoms with Crippen LogP contribution >= 0.6 is 11.6 Å². The van der Waals surface area contributed by atoms with E-state index in [1.807, 2.05) is 25.2 Å². The average Bonchev–Trinajstić information content (AvgIpc) is 2.87. The van der Waals surface area contributed by atoms with E-state index < -0.39 is 0 Å². The van der Waals surface area contributed by atoms with Crippen LogP contribution in [0.25, 0.3) is 0 Å². The summed E-state index contributed by atoms with van der Waals surface area (Å²) in [4.78, 5) is 2.48. The van der Waals surface area contributed by atoms with Crippen LogP contribution in [0, 0.1) is 0 Å². The Kier molecular flexibility index (Phi) is 5.64. The molecule has 4 heteroatoms. The largest absolute Gasteiger partial charge is 0.380 e. The summed E-state index contributed by atoms with van der Waals surface area (Å²) in [6.45, 7) is 3.30. The maximum atomic E-state index is 6.06. The molecule has 1 heterocycles. The minimum Gasteiger partial charge on any atom is -0.380 e. The number of nitrogens with zero attached hydrogens (tertiary/aromatic N) is 1. The average molecular weight is 283 g/mol. The van der Waals surface area contributed by atoms with Gasteiger partial charge in [0.15, 0.2) is 0 Å². The first-order valence-corrected chi connectivity index (χ1v) is 7.28. The molecule has 2 unspecified atom stereocenters. The fourth-order valence-corrected chi connectivity index (χ4v) is 2.90. The second-order valence-corrected chi connectivity index (χ2v) is 5.57. The van der Waals surface area contributed by atoms with E-state index in [-0.39, 0.29) is 0 Å². The van der Waals surface area contributed by atoms with Gasteiger partial charge < -0.3 is 15.0 Å². The highest BCUT2D eigenvalue weighted by Crippen LogP contribution is 2.21. The molecule has 0 radical (unpaired) electrons. The van der Waals surface area contributed by atoms with E-state index in [1.54, 1.807) is 7.11 Å². The fourth-order valence-electron chi connectivity index (χ4n) is 2.71. The Balaban J connectivity index is 1.86. The van der Waals surface area contributed by atoms with Crippen LogP contribution in [0.1, 0.15) is 24.4 Å². The first-order chi connectivity index (χ1) is 9.22. The minimum atomic E-state index is 0.361. The van der Waals surface area contributed by atoms with Crippen LogP contribution in [0.15, 0.2) is 24.3 Å². The Morgan fingerprint density at radius 2 is 2.37 bits per heavy atom. The molecule has 106 valence electrons. The van der Waals surface area contributed by atoms with E-state index in [0.29, 0.717) is 12.1 Å². The highest BCUT2D eigenvalue weighted by atomic mass is 35.5. The van der Waals surface area contributed by atoms with Gasteiger partial charge >= 0.3 is 0 Å². The van der Waals surface area contributed by atoms with E-state index in [9.17, 15) is 0 Å². The quantitative estimate of drug-likeness (QED) is 0.868. The van der Waals surface area contributed by atoms with E-state index in [1.165, 1.54) is 5.56 Å². The minimum absolute atomic E-state index is 0.361. The molecule has 1 aliphatic rings. The summed E-state index contributed by atoms with van der Waals surface area (Å²) < 4.78 is 5.40. The molecule has 2 atom stereocenters. The van der Waals surface area contributed by atoms with Crippen molar-refractivity contribution in [1.29, 1.82) is 0 Å². The summed E-state index contributed by atoms with van der Waals surface area (Å²) in [7, 11) is 3.81. The lowest BCUT2D eigenvalue weighted by molar-refractivity contribution is 0.107.